The van der Waals surface area contributed by atoms with E-state index in [0.717, 1.165) is 6.07 Å². The highest BCUT2D eigenvalue weighted by Crippen LogP contribution is 2.16. The van der Waals surface area contributed by atoms with E-state index in [2.05, 4.69) is 0 Å². The van der Waals surface area contributed by atoms with Crippen LogP contribution in [-0.4, -0.2) is 20.8 Å². The molecule has 0 spiro atoms. The molecule has 9 heteroatoms. The fourth-order valence-corrected chi connectivity index (χ4v) is 1.35. The molecule has 0 amide bonds. The van der Waals surface area contributed by atoms with Gasteiger partial charge in [-0.1, -0.05) is 6.07 Å². The first kappa shape index (κ1) is 11.5. The van der Waals surface area contributed by atoms with Crippen LogP contribution in [0.15, 0.2) is 33.9 Å². The average molecular weight is 251 g/mol. The second-order valence-corrected chi connectivity index (χ2v) is 3.30. The molecule has 0 atom stereocenters. The molecule has 2 rings (SSSR count). The van der Waals surface area contributed by atoms with Gasteiger partial charge in [-0.05, 0) is 28.0 Å². The van der Waals surface area contributed by atoms with Gasteiger partial charge in [-0.3, -0.25) is 0 Å². The van der Waals surface area contributed by atoms with Crippen LogP contribution in [-0.2, 0) is 0 Å². The largest absolute Gasteiger partial charge is 0.478 e. The summed E-state index contributed by atoms with van der Waals surface area (Å²) in [6.07, 6.45) is 0. The van der Waals surface area contributed by atoms with E-state index in [9.17, 15) is 24.5 Å². The molecule has 0 aliphatic rings. The van der Waals surface area contributed by atoms with Crippen molar-refractivity contribution >= 4 is 11.7 Å². The first-order valence-corrected chi connectivity index (χ1v) is 4.59. The molecule has 1 N–H and O–H groups in total. The van der Waals surface area contributed by atoms with Gasteiger partial charge in [0, 0.05) is 0 Å². The van der Waals surface area contributed by atoms with Crippen molar-refractivity contribution in [1.29, 1.82) is 0 Å². The number of carbonyl (C=O) groups is 1. The zero-order chi connectivity index (χ0) is 13.4. The number of aromatic carboxylic acids is 1. The molecular weight excluding hydrogens is 246 g/mol. The SMILES string of the molecule is O=C(O)c1cccc(N(n2c(=O)c2=O)[N+](=O)[O-])c1. The van der Waals surface area contributed by atoms with Crippen molar-refractivity contribution in [1.82, 2.24) is 4.68 Å². The maximum Gasteiger partial charge on any atom is 0.453 e. The molecule has 0 radical (unpaired) electrons. The Morgan fingerprint density at radius 3 is 2.39 bits per heavy atom. The Kier molecular flexibility index (Phi) is 2.43. The van der Waals surface area contributed by atoms with Crippen LogP contribution < -0.4 is 16.2 Å². The van der Waals surface area contributed by atoms with Crippen molar-refractivity contribution in [2.45, 2.75) is 0 Å². The minimum absolute atomic E-state index is 0.193. The fraction of sp³-hybridized carbons (Fsp3) is 0. The Labute approximate surface area is 97.9 Å². The Morgan fingerprint density at radius 1 is 1.33 bits per heavy atom. The second kappa shape index (κ2) is 3.80. The highest BCUT2D eigenvalue weighted by molar-refractivity contribution is 5.88. The van der Waals surface area contributed by atoms with E-state index in [4.69, 9.17) is 5.11 Å². The zero-order valence-electron chi connectivity index (χ0n) is 8.64. The van der Waals surface area contributed by atoms with Gasteiger partial charge >= 0.3 is 17.1 Å². The van der Waals surface area contributed by atoms with Gasteiger partial charge in [-0.2, -0.15) is 0 Å². The van der Waals surface area contributed by atoms with E-state index < -0.39 is 22.1 Å². The van der Waals surface area contributed by atoms with Crippen molar-refractivity contribution in [2.75, 3.05) is 5.12 Å². The summed E-state index contributed by atoms with van der Waals surface area (Å²) in [4.78, 5) is 43.3. The minimum atomic E-state index is -1.27. The molecule has 1 aromatic carbocycles. The molecule has 0 aliphatic heterocycles. The number of benzene rings is 1. The van der Waals surface area contributed by atoms with E-state index in [1.54, 1.807) is 0 Å². The van der Waals surface area contributed by atoms with Gasteiger partial charge in [-0.25, -0.2) is 14.4 Å². The number of carboxylic acid groups (broad SMARTS) is 1. The lowest BCUT2D eigenvalue weighted by atomic mass is 10.2. The topological polar surface area (TPSA) is 123 Å². The zero-order valence-corrected chi connectivity index (χ0v) is 8.64. The Hall–Kier alpha value is -2.97. The van der Waals surface area contributed by atoms with Gasteiger partial charge in [0.15, 0.2) is 0 Å². The van der Waals surface area contributed by atoms with Crippen LogP contribution >= 0.6 is 0 Å². The summed E-state index contributed by atoms with van der Waals surface area (Å²) in [6.45, 7) is 0. The molecule has 18 heavy (non-hydrogen) atoms. The van der Waals surface area contributed by atoms with E-state index >= 15 is 0 Å². The van der Waals surface area contributed by atoms with Crippen LogP contribution in [0.4, 0.5) is 5.69 Å². The standard InChI is InChI=1S/C9H5N3O6/c13-7-8(14)10(7)11(12(17)18)6-3-1-2-5(4-6)9(15)16/h1-4H,(H,15,16). The highest BCUT2D eigenvalue weighted by atomic mass is 16.7. The first-order chi connectivity index (χ1) is 8.43. The Morgan fingerprint density at radius 2 is 1.94 bits per heavy atom. The molecule has 0 bridgehead atoms. The summed E-state index contributed by atoms with van der Waals surface area (Å²) in [5.74, 6) is -1.27. The fourth-order valence-electron chi connectivity index (χ4n) is 1.35. The maximum absolute atomic E-state index is 10.9. The number of hydrazine groups is 1. The quantitative estimate of drug-likeness (QED) is 0.430. The molecule has 1 aromatic heterocycles. The Bertz CT molecular complexity index is 686. The van der Waals surface area contributed by atoms with Crippen LogP contribution in [0.5, 0.6) is 0 Å². The van der Waals surface area contributed by atoms with Gasteiger partial charge in [0.1, 0.15) is 5.69 Å². The molecule has 9 nitrogen and oxygen atoms in total. The summed E-state index contributed by atoms with van der Waals surface area (Å²) in [5.41, 5.74) is -2.43. The molecule has 0 fully saturated rings. The van der Waals surface area contributed by atoms with Crippen LogP contribution in [0.25, 0.3) is 0 Å². The number of rotatable bonds is 4. The van der Waals surface area contributed by atoms with E-state index in [-0.39, 0.29) is 16.4 Å². The van der Waals surface area contributed by atoms with Crippen LogP contribution in [0, 0.1) is 10.1 Å². The number of hydrogen-bond acceptors (Lipinski definition) is 5. The van der Waals surface area contributed by atoms with E-state index in [1.165, 1.54) is 18.2 Å². The van der Waals surface area contributed by atoms with Gasteiger partial charge in [0.05, 0.1) is 10.6 Å². The van der Waals surface area contributed by atoms with E-state index in [0.29, 0.717) is 4.68 Å². The van der Waals surface area contributed by atoms with E-state index in [1.807, 2.05) is 0 Å². The van der Waals surface area contributed by atoms with Crippen molar-refractivity contribution < 1.29 is 14.9 Å². The van der Waals surface area contributed by atoms with Crippen molar-refractivity contribution in [3.63, 3.8) is 0 Å². The maximum atomic E-state index is 10.9. The third-order valence-electron chi connectivity index (χ3n) is 2.19. The second-order valence-electron chi connectivity index (χ2n) is 3.30. The number of nitrogens with zero attached hydrogens (tertiary/aromatic N) is 3. The molecule has 0 saturated carbocycles. The molecule has 1 heterocycles. The summed E-state index contributed by atoms with van der Waals surface area (Å²) in [6, 6.07) is 4.71. The minimum Gasteiger partial charge on any atom is -0.478 e. The average Bonchev–Trinajstić information content (AvgIpc) is 2.88. The predicted octanol–water partition coefficient (Wildman–Crippen LogP) is -0.756. The molecule has 0 unspecified atom stereocenters. The summed E-state index contributed by atoms with van der Waals surface area (Å²) in [7, 11) is 0. The number of aromatic nitrogens is 1. The third-order valence-corrected chi connectivity index (χ3v) is 2.19. The van der Waals surface area contributed by atoms with Crippen LogP contribution in [0.2, 0.25) is 0 Å². The predicted molar refractivity (Wildman–Crippen MR) is 57.6 cm³/mol. The Balaban J connectivity index is 2.51. The lowest BCUT2D eigenvalue weighted by Gasteiger charge is -2.11. The lowest BCUT2D eigenvalue weighted by Crippen LogP contribution is -2.35. The lowest BCUT2D eigenvalue weighted by molar-refractivity contribution is -0.502. The number of anilines is 1. The molecular formula is C9H5N3O6. The first-order valence-electron chi connectivity index (χ1n) is 4.59. The normalized spacial score (nSPS) is 10.4. The molecule has 0 saturated heterocycles. The van der Waals surface area contributed by atoms with Gasteiger partial charge < -0.3 is 15.2 Å². The molecule has 92 valence electrons. The summed E-state index contributed by atoms with van der Waals surface area (Å²) in [5, 5.41) is 18.8. The van der Waals surface area contributed by atoms with Crippen molar-refractivity contribution in [2.24, 2.45) is 0 Å². The number of nitro groups is 1. The monoisotopic (exact) mass is 251 g/mol. The molecule has 0 aliphatic carbocycles. The van der Waals surface area contributed by atoms with Crippen molar-refractivity contribution in [3.8, 4) is 0 Å². The smallest absolute Gasteiger partial charge is 0.453 e. The van der Waals surface area contributed by atoms with Gasteiger partial charge in [-0.15, -0.1) is 0 Å². The number of carboxylic acids is 1. The summed E-state index contributed by atoms with van der Waals surface area (Å²) < 4.78 is 0.307. The van der Waals surface area contributed by atoms with Crippen molar-refractivity contribution in [3.05, 3.63) is 60.7 Å². The highest BCUT2D eigenvalue weighted by Gasteiger charge is 2.36. The van der Waals surface area contributed by atoms with Crippen LogP contribution in [0.3, 0.4) is 0 Å². The third kappa shape index (κ3) is 1.73. The summed E-state index contributed by atoms with van der Waals surface area (Å²) >= 11 is 0. The van der Waals surface area contributed by atoms with Crippen LogP contribution in [0.1, 0.15) is 10.4 Å². The van der Waals surface area contributed by atoms with Gasteiger partial charge in [0.25, 0.3) is 0 Å². The number of hydrogen-bond donors (Lipinski definition) is 1. The van der Waals surface area contributed by atoms with Gasteiger partial charge in [0.2, 0.25) is 0 Å². The molecule has 2 aromatic rings.